The van der Waals surface area contributed by atoms with E-state index in [9.17, 15) is 9.50 Å². The fourth-order valence-electron chi connectivity index (χ4n) is 1.68. The maximum absolute atomic E-state index is 13.1. The summed E-state index contributed by atoms with van der Waals surface area (Å²) < 4.78 is 18.7. The predicted molar refractivity (Wildman–Crippen MR) is 68.3 cm³/mol. The van der Waals surface area contributed by atoms with Crippen molar-refractivity contribution >= 4 is 15.9 Å². The number of ether oxygens (including phenoxy) is 1. The molecule has 3 nitrogen and oxygen atoms in total. The lowest BCUT2D eigenvalue weighted by atomic mass is 10.2. The van der Waals surface area contributed by atoms with Gasteiger partial charge in [-0.3, -0.25) is 4.90 Å². The monoisotopic (exact) mass is 305 g/mol. The third kappa shape index (κ3) is 5.59. The van der Waals surface area contributed by atoms with Crippen molar-refractivity contribution in [2.75, 3.05) is 27.3 Å². The van der Waals surface area contributed by atoms with E-state index in [1.807, 2.05) is 18.0 Å². The molecule has 5 heteroatoms. The molecule has 0 aliphatic heterocycles. The molecular formula is C12H17BrFNO2. The molecule has 0 saturated carbocycles. The molecule has 0 unspecified atom stereocenters. The van der Waals surface area contributed by atoms with Crippen LogP contribution in [-0.2, 0) is 11.3 Å². The Balaban J connectivity index is 2.52. The molecule has 0 amide bonds. The quantitative estimate of drug-likeness (QED) is 0.873. The third-order valence-corrected chi connectivity index (χ3v) is 2.71. The van der Waals surface area contributed by atoms with E-state index in [1.54, 1.807) is 7.11 Å². The average Bonchev–Trinajstić information content (AvgIpc) is 2.14. The molecule has 1 aromatic carbocycles. The van der Waals surface area contributed by atoms with Gasteiger partial charge in [0.15, 0.2) is 0 Å². The van der Waals surface area contributed by atoms with Gasteiger partial charge >= 0.3 is 0 Å². The summed E-state index contributed by atoms with van der Waals surface area (Å²) in [7, 11) is 3.42. The van der Waals surface area contributed by atoms with Crippen LogP contribution in [0.15, 0.2) is 22.7 Å². The molecular weight excluding hydrogens is 289 g/mol. The zero-order valence-corrected chi connectivity index (χ0v) is 11.6. The molecule has 0 spiro atoms. The van der Waals surface area contributed by atoms with Crippen molar-refractivity contribution < 1.29 is 14.2 Å². The molecule has 0 aromatic heterocycles. The first-order chi connectivity index (χ1) is 8.01. The Bertz CT molecular complexity index is 342. The summed E-state index contributed by atoms with van der Waals surface area (Å²) in [4.78, 5) is 1.92. The topological polar surface area (TPSA) is 32.7 Å². The van der Waals surface area contributed by atoms with Crippen LogP contribution in [0, 0.1) is 5.82 Å². The number of likely N-dealkylation sites (N-methyl/N-ethyl adjacent to an activating group) is 1. The first-order valence-electron chi connectivity index (χ1n) is 5.31. The van der Waals surface area contributed by atoms with Crippen LogP contribution in [0.4, 0.5) is 4.39 Å². The number of hydrogen-bond donors (Lipinski definition) is 1. The summed E-state index contributed by atoms with van der Waals surface area (Å²) >= 11 is 3.25. The van der Waals surface area contributed by atoms with Crippen molar-refractivity contribution in [3.8, 4) is 0 Å². The van der Waals surface area contributed by atoms with Gasteiger partial charge in [0.25, 0.3) is 0 Å². The molecule has 0 heterocycles. The number of methoxy groups -OCH3 is 1. The van der Waals surface area contributed by atoms with E-state index in [0.29, 0.717) is 19.7 Å². The standard InChI is InChI=1S/C12H17BrFNO2/c1-15(7-12(16)8-17-2)6-9-3-10(13)5-11(14)4-9/h3-5,12,16H,6-8H2,1-2H3/t12-/m1/s1. The summed E-state index contributed by atoms with van der Waals surface area (Å²) in [5.74, 6) is -0.264. The Kier molecular flexibility index (Phi) is 6.05. The van der Waals surface area contributed by atoms with Gasteiger partial charge in [-0.1, -0.05) is 15.9 Å². The number of aliphatic hydroxyl groups is 1. The molecule has 0 saturated heterocycles. The first kappa shape index (κ1) is 14.6. The van der Waals surface area contributed by atoms with Crippen LogP contribution in [0.1, 0.15) is 5.56 Å². The number of nitrogens with zero attached hydrogens (tertiary/aromatic N) is 1. The van der Waals surface area contributed by atoms with E-state index in [4.69, 9.17) is 4.74 Å². The van der Waals surface area contributed by atoms with Crippen molar-refractivity contribution in [3.63, 3.8) is 0 Å². The predicted octanol–water partition coefficient (Wildman–Crippen LogP) is 2.03. The number of benzene rings is 1. The molecule has 17 heavy (non-hydrogen) atoms. The third-order valence-electron chi connectivity index (χ3n) is 2.26. The van der Waals surface area contributed by atoms with Crippen LogP contribution in [0.25, 0.3) is 0 Å². The van der Waals surface area contributed by atoms with Crippen molar-refractivity contribution in [3.05, 3.63) is 34.1 Å². The molecule has 1 aromatic rings. The largest absolute Gasteiger partial charge is 0.389 e. The summed E-state index contributed by atoms with van der Waals surface area (Å²) in [6.45, 7) is 1.37. The zero-order chi connectivity index (χ0) is 12.8. The van der Waals surface area contributed by atoms with Crippen LogP contribution in [0.3, 0.4) is 0 Å². The highest BCUT2D eigenvalue weighted by atomic mass is 79.9. The smallest absolute Gasteiger partial charge is 0.124 e. The molecule has 0 aliphatic carbocycles. The van der Waals surface area contributed by atoms with Gasteiger partial charge in [0.1, 0.15) is 5.82 Å². The maximum Gasteiger partial charge on any atom is 0.124 e. The number of hydrogen-bond acceptors (Lipinski definition) is 3. The highest BCUT2D eigenvalue weighted by Gasteiger charge is 2.09. The van der Waals surface area contributed by atoms with Gasteiger partial charge in [0, 0.05) is 24.7 Å². The minimum Gasteiger partial charge on any atom is -0.389 e. The molecule has 0 fully saturated rings. The molecule has 1 atom stereocenters. The van der Waals surface area contributed by atoms with Crippen molar-refractivity contribution in [1.29, 1.82) is 0 Å². The van der Waals surface area contributed by atoms with E-state index >= 15 is 0 Å². The lowest BCUT2D eigenvalue weighted by molar-refractivity contribution is 0.0418. The van der Waals surface area contributed by atoms with Gasteiger partial charge in [-0.05, 0) is 30.8 Å². The van der Waals surface area contributed by atoms with Gasteiger partial charge < -0.3 is 9.84 Å². The molecule has 1 N–H and O–H groups in total. The Hall–Kier alpha value is -0.490. The lowest BCUT2D eigenvalue weighted by Gasteiger charge is -2.20. The highest BCUT2D eigenvalue weighted by Crippen LogP contribution is 2.16. The highest BCUT2D eigenvalue weighted by molar-refractivity contribution is 9.10. The van der Waals surface area contributed by atoms with Crippen LogP contribution in [0.5, 0.6) is 0 Å². The summed E-state index contributed by atoms with van der Waals surface area (Å²) in [5.41, 5.74) is 0.865. The van der Waals surface area contributed by atoms with Gasteiger partial charge in [0.05, 0.1) is 12.7 Å². The fraction of sp³-hybridized carbons (Fsp3) is 0.500. The number of halogens is 2. The molecule has 1 rings (SSSR count). The summed E-state index contributed by atoms with van der Waals surface area (Å²) in [5, 5.41) is 9.56. The van der Waals surface area contributed by atoms with E-state index in [2.05, 4.69) is 15.9 Å². The molecule has 0 radical (unpaired) electrons. The van der Waals surface area contributed by atoms with Crippen LogP contribution < -0.4 is 0 Å². The lowest BCUT2D eigenvalue weighted by Crippen LogP contribution is -2.31. The van der Waals surface area contributed by atoms with Gasteiger partial charge in [-0.25, -0.2) is 4.39 Å². The second kappa shape index (κ2) is 7.06. The number of aliphatic hydroxyl groups excluding tert-OH is 1. The Morgan fingerprint density at radius 1 is 1.47 bits per heavy atom. The second-order valence-electron chi connectivity index (χ2n) is 4.08. The first-order valence-corrected chi connectivity index (χ1v) is 6.11. The fourth-order valence-corrected chi connectivity index (χ4v) is 2.20. The van der Waals surface area contributed by atoms with Gasteiger partial charge in [-0.2, -0.15) is 0 Å². The summed E-state index contributed by atoms with van der Waals surface area (Å²) in [6, 6.07) is 4.77. The van der Waals surface area contributed by atoms with Gasteiger partial charge in [0.2, 0.25) is 0 Å². The van der Waals surface area contributed by atoms with E-state index in [0.717, 1.165) is 10.0 Å². The molecule has 0 bridgehead atoms. The van der Waals surface area contributed by atoms with Crippen molar-refractivity contribution in [1.82, 2.24) is 4.90 Å². The molecule has 96 valence electrons. The van der Waals surface area contributed by atoms with Crippen molar-refractivity contribution in [2.24, 2.45) is 0 Å². The average molecular weight is 306 g/mol. The van der Waals surface area contributed by atoms with E-state index < -0.39 is 6.10 Å². The zero-order valence-electron chi connectivity index (χ0n) is 9.99. The minimum absolute atomic E-state index is 0.264. The van der Waals surface area contributed by atoms with Crippen LogP contribution >= 0.6 is 15.9 Å². The van der Waals surface area contributed by atoms with E-state index in [1.165, 1.54) is 12.1 Å². The second-order valence-corrected chi connectivity index (χ2v) is 5.00. The summed E-state index contributed by atoms with van der Waals surface area (Å²) in [6.07, 6.45) is -0.526. The maximum atomic E-state index is 13.1. The minimum atomic E-state index is -0.526. The Morgan fingerprint density at radius 2 is 2.18 bits per heavy atom. The normalized spacial score (nSPS) is 13.1. The van der Waals surface area contributed by atoms with Crippen molar-refractivity contribution in [2.45, 2.75) is 12.6 Å². The SMILES string of the molecule is COC[C@H](O)CN(C)Cc1cc(F)cc(Br)c1. The Morgan fingerprint density at radius 3 is 2.76 bits per heavy atom. The Labute approximate surface area is 109 Å². The van der Waals surface area contributed by atoms with Gasteiger partial charge in [-0.15, -0.1) is 0 Å². The van der Waals surface area contributed by atoms with E-state index in [-0.39, 0.29) is 5.82 Å². The molecule has 0 aliphatic rings. The van der Waals surface area contributed by atoms with Crippen LogP contribution in [-0.4, -0.2) is 43.4 Å². The van der Waals surface area contributed by atoms with Crippen LogP contribution in [0.2, 0.25) is 0 Å². The number of rotatable bonds is 6.